The summed E-state index contributed by atoms with van der Waals surface area (Å²) in [5.41, 5.74) is 0. The van der Waals surface area contributed by atoms with Gasteiger partial charge in [-0.1, -0.05) is 19.3 Å². The van der Waals surface area contributed by atoms with Crippen LogP contribution < -0.4 is 5.32 Å². The zero-order chi connectivity index (χ0) is 14.5. The molecule has 1 saturated carbocycles. The van der Waals surface area contributed by atoms with Gasteiger partial charge < -0.3 is 10.2 Å². The summed E-state index contributed by atoms with van der Waals surface area (Å²) in [5.74, 6) is 1.04. The number of nitrogens with zero attached hydrogens (tertiary/aromatic N) is 2. The van der Waals surface area contributed by atoms with Crippen molar-refractivity contribution in [2.75, 3.05) is 25.5 Å². The van der Waals surface area contributed by atoms with Gasteiger partial charge in [0.2, 0.25) is 0 Å². The average Bonchev–Trinajstić information content (AvgIpc) is 3.01. The zero-order valence-corrected chi connectivity index (χ0v) is 13.7. The van der Waals surface area contributed by atoms with Crippen LogP contribution in [0.2, 0.25) is 0 Å². The van der Waals surface area contributed by atoms with Crippen LogP contribution in [0.25, 0.3) is 10.1 Å². The molecule has 1 fully saturated rings. The van der Waals surface area contributed by atoms with Crippen LogP contribution in [0.4, 0.5) is 5.82 Å². The molecule has 0 radical (unpaired) electrons. The maximum atomic E-state index is 4.47. The molecule has 0 aliphatic heterocycles. The van der Waals surface area contributed by atoms with E-state index >= 15 is 0 Å². The molecule has 2 heterocycles. The summed E-state index contributed by atoms with van der Waals surface area (Å²) < 4.78 is 1.31. The molecule has 0 spiro atoms. The Labute approximate surface area is 131 Å². The van der Waals surface area contributed by atoms with Crippen molar-refractivity contribution in [1.29, 1.82) is 0 Å². The molecule has 114 valence electrons. The third kappa shape index (κ3) is 3.74. The maximum absolute atomic E-state index is 4.47. The molecule has 0 amide bonds. The van der Waals surface area contributed by atoms with E-state index in [0.717, 1.165) is 18.4 Å². The molecule has 0 atom stereocenters. The summed E-state index contributed by atoms with van der Waals surface area (Å²) in [7, 11) is 2.29. The van der Waals surface area contributed by atoms with Crippen molar-refractivity contribution in [3.63, 3.8) is 0 Å². The van der Waals surface area contributed by atoms with Gasteiger partial charge in [0, 0.05) is 28.9 Å². The molecule has 21 heavy (non-hydrogen) atoms. The predicted molar refractivity (Wildman–Crippen MR) is 92.2 cm³/mol. The van der Waals surface area contributed by atoms with Crippen molar-refractivity contribution in [3.8, 4) is 0 Å². The lowest BCUT2D eigenvalue weighted by Gasteiger charge is -2.31. The van der Waals surface area contributed by atoms with Crippen LogP contribution in [-0.2, 0) is 0 Å². The Morgan fingerprint density at radius 2 is 2.14 bits per heavy atom. The highest BCUT2D eigenvalue weighted by Crippen LogP contribution is 2.25. The summed E-state index contributed by atoms with van der Waals surface area (Å²) in [6.07, 6.45) is 10.1. The maximum Gasteiger partial charge on any atom is 0.134 e. The number of thiophene rings is 1. The van der Waals surface area contributed by atoms with Crippen molar-refractivity contribution < 1.29 is 0 Å². The van der Waals surface area contributed by atoms with Gasteiger partial charge in [-0.2, -0.15) is 0 Å². The minimum Gasteiger partial charge on any atom is -0.369 e. The van der Waals surface area contributed by atoms with Crippen molar-refractivity contribution in [2.24, 2.45) is 0 Å². The lowest BCUT2D eigenvalue weighted by atomic mass is 9.94. The number of nitrogens with one attached hydrogen (secondary N) is 1. The monoisotopic (exact) mass is 303 g/mol. The Morgan fingerprint density at radius 1 is 1.29 bits per heavy atom. The second kappa shape index (κ2) is 7.23. The first-order valence-corrected chi connectivity index (χ1v) is 8.99. The third-order valence-corrected chi connectivity index (χ3v) is 5.44. The van der Waals surface area contributed by atoms with Crippen LogP contribution >= 0.6 is 11.3 Å². The van der Waals surface area contributed by atoms with E-state index in [0.29, 0.717) is 0 Å². The number of hydrogen-bond donors (Lipinski definition) is 1. The van der Waals surface area contributed by atoms with Gasteiger partial charge in [0.1, 0.15) is 5.82 Å². The Balaban J connectivity index is 1.44. The molecule has 2 aromatic heterocycles. The normalized spacial score (nSPS) is 16.7. The predicted octanol–water partition coefficient (Wildman–Crippen LogP) is 4.36. The first-order valence-electron chi connectivity index (χ1n) is 8.11. The Kier molecular flexibility index (Phi) is 5.09. The van der Waals surface area contributed by atoms with E-state index in [4.69, 9.17) is 0 Å². The second-order valence-electron chi connectivity index (χ2n) is 6.04. The molecule has 0 unspecified atom stereocenters. The van der Waals surface area contributed by atoms with Gasteiger partial charge in [0.15, 0.2) is 0 Å². The van der Waals surface area contributed by atoms with Crippen LogP contribution in [0, 0.1) is 0 Å². The molecule has 1 aliphatic carbocycles. The second-order valence-corrected chi connectivity index (χ2v) is 6.99. The third-order valence-electron chi connectivity index (χ3n) is 4.56. The van der Waals surface area contributed by atoms with Gasteiger partial charge in [-0.15, -0.1) is 11.3 Å². The Morgan fingerprint density at radius 3 is 3.00 bits per heavy atom. The van der Waals surface area contributed by atoms with Crippen LogP contribution in [-0.4, -0.2) is 36.1 Å². The lowest BCUT2D eigenvalue weighted by Crippen LogP contribution is -2.34. The fourth-order valence-electron chi connectivity index (χ4n) is 3.28. The van der Waals surface area contributed by atoms with Gasteiger partial charge in [-0.3, -0.25) is 0 Å². The smallest absolute Gasteiger partial charge is 0.134 e. The summed E-state index contributed by atoms with van der Waals surface area (Å²) >= 11 is 1.78. The summed E-state index contributed by atoms with van der Waals surface area (Å²) in [5, 5.41) is 6.89. The standard InChI is InChI=1S/C17H25N3S/c1-20(14-6-3-2-4-7-14)12-5-10-18-17-15-9-13-21-16(15)8-11-19-17/h8-9,11,13-14H,2-7,10,12H2,1H3,(H,18,19). The number of anilines is 1. The lowest BCUT2D eigenvalue weighted by molar-refractivity contribution is 0.191. The summed E-state index contributed by atoms with van der Waals surface area (Å²) in [4.78, 5) is 7.02. The molecule has 3 rings (SSSR count). The number of aromatic nitrogens is 1. The molecule has 2 aromatic rings. The van der Waals surface area contributed by atoms with Crippen molar-refractivity contribution in [3.05, 3.63) is 23.7 Å². The van der Waals surface area contributed by atoms with Crippen LogP contribution in [0.5, 0.6) is 0 Å². The van der Waals surface area contributed by atoms with Gasteiger partial charge >= 0.3 is 0 Å². The summed E-state index contributed by atoms with van der Waals surface area (Å²) in [6.45, 7) is 2.18. The first kappa shape index (κ1) is 14.8. The molecule has 4 heteroatoms. The van der Waals surface area contributed by atoms with Gasteiger partial charge in [-0.25, -0.2) is 4.98 Å². The van der Waals surface area contributed by atoms with Gasteiger partial charge in [0.05, 0.1) is 0 Å². The van der Waals surface area contributed by atoms with Crippen molar-refractivity contribution >= 4 is 27.2 Å². The SMILES string of the molecule is CN(CCCNc1nccc2sccc12)C1CCCCC1. The largest absolute Gasteiger partial charge is 0.369 e. The summed E-state index contributed by atoms with van der Waals surface area (Å²) in [6, 6.07) is 5.06. The van der Waals surface area contributed by atoms with E-state index < -0.39 is 0 Å². The highest BCUT2D eigenvalue weighted by atomic mass is 32.1. The van der Waals surface area contributed by atoms with Gasteiger partial charge in [-0.05, 0) is 50.4 Å². The van der Waals surface area contributed by atoms with E-state index in [2.05, 4.69) is 39.8 Å². The molecule has 1 aliphatic rings. The fraction of sp³-hybridized carbons (Fsp3) is 0.588. The number of hydrogen-bond acceptors (Lipinski definition) is 4. The van der Waals surface area contributed by atoms with Crippen LogP contribution in [0.15, 0.2) is 23.7 Å². The minimum absolute atomic E-state index is 0.817. The van der Waals surface area contributed by atoms with E-state index in [1.54, 1.807) is 11.3 Å². The molecular weight excluding hydrogens is 278 g/mol. The van der Waals surface area contributed by atoms with Crippen molar-refractivity contribution in [2.45, 2.75) is 44.6 Å². The van der Waals surface area contributed by atoms with Crippen molar-refractivity contribution in [1.82, 2.24) is 9.88 Å². The number of fused-ring (bicyclic) bond motifs is 1. The Hall–Kier alpha value is -1.13. The number of pyridine rings is 1. The molecule has 0 saturated heterocycles. The minimum atomic E-state index is 0.817. The topological polar surface area (TPSA) is 28.2 Å². The number of rotatable bonds is 6. The highest BCUT2D eigenvalue weighted by molar-refractivity contribution is 7.17. The van der Waals surface area contributed by atoms with E-state index in [-0.39, 0.29) is 0 Å². The first-order chi connectivity index (χ1) is 10.3. The van der Waals surface area contributed by atoms with E-state index in [1.807, 2.05) is 6.20 Å². The quantitative estimate of drug-likeness (QED) is 0.804. The average molecular weight is 303 g/mol. The molecule has 0 aromatic carbocycles. The van der Waals surface area contributed by atoms with Gasteiger partial charge in [0.25, 0.3) is 0 Å². The highest BCUT2D eigenvalue weighted by Gasteiger charge is 2.17. The Bertz CT molecular complexity index is 560. The van der Waals surface area contributed by atoms with Crippen LogP contribution in [0.1, 0.15) is 38.5 Å². The molecule has 1 N–H and O–H groups in total. The fourth-order valence-corrected chi connectivity index (χ4v) is 4.06. The van der Waals surface area contributed by atoms with Crippen LogP contribution in [0.3, 0.4) is 0 Å². The van der Waals surface area contributed by atoms with E-state index in [9.17, 15) is 0 Å². The zero-order valence-electron chi connectivity index (χ0n) is 12.8. The molecule has 3 nitrogen and oxygen atoms in total. The molecular formula is C17H25N3S. The molecule has 0 bridgehead atoms. The van der Waals surface area contributed by atoms with E-state index in [1.165, 1.54) is 55.2 Å².